The van der Waals surface area contributed by atoms with Crippen molar-refractivity contribution in [2.24, 2.45) is 0 Å². The third kappa shape index (κ3) is 3.48. The van der Waals surface area contributed by atoms with E-state index in [1.54, 1.807) is 35.9 Å². The van der Waals surface area contributed by atoms with E-state index in [1.165, 1.54) is 0 Å². The Labute approximate surface area is 154 Å². The molecule has 0 saturated heterocycles. The van der Waals surface area contributed by atoms with E-state index in [1.807, 2.05) is 23.6 Å². The van der Waals surface area contributed by atoms with Crippen molar-refractivity contribution in [3.63, 3.8) is 0 Å². The second kappa shape index (κ2) is 7.05. The van der Waals surface area contributed by atoms with Crippen LogP contribution in [0.5, 0.6) is 0 Å². The van der Waals surface area contributed by atoms with Crippen LogP contribution in [0.2, 0.25) is 0 Å². The van der Waals surface area contributed by atoms with Gasteiger partial charge in [-0.3, -0.25) is 14.6 Å². The van der Waals surface area contributed by atoms with Gasteiger partial charge in [-0.2, -0.15) is 0 Å². The van der Waals surface area contributed by atoms with Crippen LogP contribution in [0.15, 0.2) is 48.1 Å². The van der Waals surface area contributed by atoms with Crippen LogP contribution in [0.3, 0.4) is 0 Å². The smallest absolute Gasteiger partial charge is 0.252 e. The fraction of sp³-hybridized carbons (Fsp3) is 0.158. The summed E-state index contributed by atoms with van der Waals surface area (Å²) in [6.45, 7) is 0.517. The van der Waals surface area contributed by atoms with E-state index < -0.39 is 0 Å². The van der Waals surface area contributed by atoms with Gasteiger partial charge in [0.05, 0.1) is 22.7 Å². The lowest BCUT2D eigenvalue weighted by molar-refractivity contribution is -0.115. The second-order valence-electron chi connectivity index (χ2n) is 5.97. The zero-order chi connectivity index (χ0) is 17.9. The number of hydrogen-bond donors (Lipinski definition) is 2. The zero-order valence-electron chi connectivity index (χ0n) is 13.9. The Morgan fingerprint density at radius 1 is 1.31 bits per heavy atom. The largest absolute Gasteiger partial charge is 0.352 e. The summed E-state index contributed by atoms with van der Waals surface area (Å²) in [5.74, 6) is -0.105. The highest BCUT2D eigenvalue weighted by Gasteiger charge is 2.18. The highest BCUT2D eigenvalue weighted by molar-refractivity contribution is 7.09. The third-order valence-corrected chi connectivity index (χ3v) is 5.03. The normalized spacial score (nSPS) is 12.5. The molecule has 130 valence electrons. The van der Waals surface area contributed by atoms with E-state index in [9.17, 15) is 9.59 Å². The van der Waals surface area contributed by atoms with Crippen LogP contribution in [0, 0.1) is 0 Å². The lowest BCUT2D eigenvalue weighted by Gasteiger charge is -2.03. The molecule has 0 aliphatic carbocycles. The number of nitrogens with one attached hydrogen (secondary N) is 2. The molecule has 26 heavy (non-hydrogen) atoms. The van der Waals surface area contributed by atoms with Gasteiger partial charge in [0.1, 0.15) is 0 Å². The van der Waals surface area contributed by atoms with E-state index in [0.717, 1.165) is 27.5 Å². The Hall–Kier alpha value is -3.06. The van der Waals surface area contributed by atoms with Gasteiger partial charge in [-0.05, 0) is 29.8 Å². The van der Waals surface area contributed by atoms with Crippen molar-refractivity contribution in [2.45, 2.75) is 12.8 Å². The molecular formula is C19H16N4O2S. The number of hydrogen-bond acceptors (Lipinski definition) is 5. The van der Waals surface area contributed by atoms with E-state index in [4.69, 9.17) is 0 Å². The van der Waals surface area contributed by atoms with Crippen molar-refractivity contribution in [2.75, 3.05) is 11.9 Å². The summed E-state index contributed by atoms with van der Waals surface area (Å²) in [6, 6.07) is 9.37. The molecule has 0 radical (unpaired) electrons. The molecule has 1 aliphatic heterocycles. The van der Waals surface area contributed by atoms with Crippen LogP contribution in [0.4, 0.5) is 5.69 Å². The molecule has 0 atom stereocenters. The summed E-state index contributed by atoms with van der Waals surface area (Å²) in [5, 5.41) is 8.67. The van der Waals surface area contributed by atoms with Gasteiger partial charge >= 0.3 is 0 Å². The van der Waals surface area contributed by atoms with Gasteiger partial charge in [-0.25, -0.2) is 4.98 Å². The first-order valence-corrected chi connectivity index (χ1v) is 9.13. The SMILES string of the molecule is O=C1Cc2cc(-c3csc(CCNC(=O)c4cccnc4)n3)ccc2N1. The molecule has 2 aromatic heterocycles. The van der Waals surface area contributed by atoms with Crippen LogP contribution >= 0.6 is 11.3 Å². The highest BCUT2D eigenvalue weighted by atomic mass is 32.1. The van der Waals surface area contributed by atoms with Crippen molar-refractivity contribution in [3.05, 3.63) is 64.2 Å². The molecule has 0 saturated carbocycles. The molecular weight excluding hydrogens is 348 g/mol. The van der Waals surface area contributed by atoms with Crippen molar-refractivity contribution in [1.29, 1.82) is 0 Å². The fourth-order valence-electron chi connectivity index (χ4n) is 2.83. The van der Waals surface area contributed by atoms with Gasteiger partial charge in [-0.15, -0.1) is 11.3 Å². The summed E-state index contributed by atoms with van der Waals surface area (Å²) in [7, 11) is 0. The number of aromatic nitrogens is 2. The van der Waals surface area contributed by atoms with Crippen LogP contribution < -0.4 is 10.6 Å². The minimum atomic E-state index is -0.134. The molecule has 0 bridgehead atoms. The first-order chi connectivity index (χ1) is 12.7. The number of carbonyl (C=O) groups is 2. The number of benzene rings is 1. The molecule has 2 N–H and O–H groups in total. The minimum Gasteiger partial charge on any atom is -0.352 e. The molecule has 7 heteroatoms. The number of rotatable bonds is 5. The van der Waals surface area contributed by atoms with E-state index in [2.05, 4.69) is 20.6 Å². The highest BCUT2D eigenvalue weighted by Crippen LogP contribution is 2.29. The molecule has 1 aromatic carbocycles. The Morgan fingerprint density at radius 3 is 3.08 bits per heavy atom. The quantitative estimate of drug-likeness (QED) is 0.729. The maximum absolute atomic E-state index is 12.0. The number of pyridine rings is 1. The van der Waals surface area contributed by atoms with E-state index >= 15 is 0 Å². The molecule has 0 unspecified atom stereocenters. The van der Waals surface area contributed by atoms with Gasteiger partial charge in [0.25, 0.3) is 5.91 Å². The van der Waals surface area contributed by atoms with E-state index in [0.29, 0.717) is 24.9 Å². The van der Waals surface area contributed by atoms with Crippen molar-refractivity contribution in [3.8, 4) is 11.3 Å². The number of amides is 2. The van der Waals surface area contributed by atoms with Gasteiger partial charge in [0.2, 0.25) is 5.91 Å². The maximum Gasteiger partial charge on any atom is 0.252 e. The molecule has 0 fully saturated rings. The lowest BCUT2D eigenvalue weighted by Crippen LogP contribution is -2.25. The van der Waals surface area contributed by atoms with E-state index in [-0.39, 0.29) is 11.8 Å². The topological polar surface area (TPSA) is 84.0 Å². The van der Waals surface area contributed by atoms with Gasteiger partial charge in [-0.1, -0.05) is 6.07 Å². The average molecular weight is 364 g/mol. The van der Waals surface area contributed by atoms with Gasteiger partial charge in [0.15, 0.2) is 0 Å². The lowest BCUT2D eigenvalue weighted by atomic mass is 10.1. The van der Waals surface area contributed by atoms with Crippen molar-refractivity contribution >= 4 is 28.8 Å². The molecule has 6 nitrogen and oxygen atoms in total. The number of thiazole rings is 1. The summed E-state index contributed by atoms with van der Waals surface area (Å²) in [6.07, 6.45) is 4.27. The second-order valence-corrected chi connectivity index (χ2v) is 6.91. The van der Waals surface area contributed by atoms with Crippen molar-refractivity contribution < 1.29 is 9.59 Å². The Bertz CT molecular complexity index is 969. The Balaban J connectivity index is 1.37. The summed E-state index contributed by atoms with van der Waals surface area (Å²) < 4.78 is 0. The number of fused-ring (bicyclic) bond motifs is 1. The molecule has 3 aromatic rings. The fourth-order valence-corrected chi connectivity index (χ4v) is 3.64. The predicted molar refractivity (Wildman–Crippen MR) is 100 cm³/mol. The summed E-state index contributed by atoms with van der Waals surface area (Å²) >= 11 is 1.57. The molecule has 0 spiro atoms. The Morgan fingerprint density at radius 2 is 2.23 bits per heavy atom. The number of nitrogens with zero attached hydrogens (tertiary/aromatic N) is 2. The minimum absolute atomic E-state index is 0.0282. The average Bonchev–Trinajstić information content (AvgIpc) is 3.27. The zero-order valence-corrected chi connectivity index (χ0v) is 14.7. The van der Waals surface area contributed by atoms with Crippen LogP contribution in [-0.4, -0.2) is 28.3 Å². The third-order valence-electron chi connectivity index (χ3n) is 4.13. The maximum atomic E-state index is 12.0. The molecule has 3 heterocycles. The van der Waals surface area contributed by atoms with Gasteiger partial charge in [0, 0.05) is 42.0 Å². The summed E-state index contributed by atoms with van der Waals surface area (Å²) in [4.78, 5) is 32.0. The molecule has 1 aliphatic rings. The molecule has 2 amide bonds. The van der Waals surface area contributed by atoms with Crippen LogP contribution in [0.1, 0.15) is 20.9 Å². The first-order valence-electron chi connectivity index (χ1n) is 8.25. The monoisotopic (exact) mass is 364 g/mol. The Kier molecular flexibility index (Phi) is 4.45. The van der Waals surface area contributed by atoms with Crippen LogP contribution in [-0.2, 0) is 17.6 Å². The predicted octanol–water partition coefficient (Wildman–Crippen LogP) is 2.67. The summed E-state index contributed by atoms with van der Waals surface area (Å²) in [5.41, 5.74) is 4.33. The van der Waals surface area contributed by atoms with Gasteiger partial charge < -0.3 is 10.6 Å². The number of carbonyl (C=O) groups excluding carboxylic acids is 2. The van der Waals surface area contributed by atoms with Crippen molar-refractivity contribution in [1.82, 2.24) is 15.3 Å². The number of anilines is 1. The first kappa shape index (κ1) is 16.4. The standard InChI is InChI=1S/C19H16N4O2S/c24-17-9-14-8-12(3-4-15(14)22-17)16-11-26-18(23-16)5-7-21-19(25)13-2-1-6-20-10-13/h1-4,6,8,10-11H,5,7,9H2,(H,21,25)(H,22,24). The van der Waals surface area contributed by atoms with Crippen LogP contribution in [0.25, 0.3) is 11.3 Å². The molecule has 4 rings (SSSR count).